The van der Waals surface area contributed by atoms with Gasteiger partial charge in [0.15, 0.2) is 5.12 Å². The van der Waals surface area contributed by atoms with E-state index in [2.05, 4.69) is 0 Å². The topological polar surface area (TPSA) is 70.7 Å². The van der Waals surface area contributed by atoms with Crippen LogP contribution in [0.4, 0.5) is 0 Å². The van der Waals surface area contributed by atoms with Crippen molar-refractivity contribution in [2.24, 2.45) is 0 Å². The van der Waals surface area contributed by atoms with Crippen molar-refractivity contribution in [2.75, 3.05) is 5.75 Å². The summed E-state index contributed by atoms with van der Waals surface area (Å²) in [5.41, 5.74) is 1.40. The first-order valence-electron chi connectivity index (χ1n) is 6.04. The first kappa shape index (κ1) is 14.1. The summed E-state index contributed by atoms with van der Waals surface area (Å²) in [6.45, 7) is 1.49. The number of carbonyl (C=O) groups is 1. The number of aliphatic hydroxyl groups excluding tert-OH is 2. The molecular weight excluding hydrogens is 264 g/mol. The van der Waals surface area contributed by atoms with Gasteiger partial charge in [-0.1, -0.05) is 17.8 Å². The third-order valence-electron chi connectivity index (χ3n) is 2.90. The lowest BCUT2D eigenvalue weighted by Gasteiger charge is -2.17. The summed E-state index contributed by atoms with van der Waals surface area (Å²) in [7, 11) is 0. The zero-order chi connectivity index (χ0) is 13.8. The maximum atomic E-state index is 10.8. The van der Waals surface area contributed by atoms with Gasteiger partial charge in [0.1, 0.15) is 11.7 Å². The van der Waals surface area contributed by atoms with E-state index in [0.717, 1.165) is 22.7 Å². The van der Waals surface area contributed by atoms with Gasteiger partial charge in [0, 0.05) is 18.1 Å². The second-order valence-corrected chi connectivity index (χ2v) is 5.63. The number of furan rings is 1. The minimum Gasteiger partial charge on any atom is -0.464 e. The average Bonchev–Trinajstić information content (AvgIpc) is 2.84. The quantitative estimate of drug-likeness (QED) is 0.880. The maximum Gasteiger partial charge on any atom is 0.185 e. The molecule has 19 heavy (non-hydrogen) atoms. The predicted octanol–water partition coefficient (Wildman–Crippen LogP) is 2.50. The van der Waals surface area contributed by atoms with Crippen LogP contribution in [0.25, 0.3) is 11.0 Å². The molecule has 0 spiro atoms. The van der Waals surface area contributed by atoms with Crippen molar-refractivity contribution in [3.8, 4) is 0 Å². The van der Waals surface area contributed by atoms with Crippen LogP contribution in [-0.2, 0) is 4.79 Å². The van der Waals surface area contributed by atoms with Crippen LogP contribution in [0.5, 0.6) is 0 Å². The van der Waals surface area contributed by atoms with Crippen molar-refractivity contribution in [1.82, 2.24) is 0 Å². The standard InChI is InChI=1S/C14H16O4S/c1-9(15)19-7-5-12(16)14(17)11-2-3-13-10(8-11)4-6-18-13/h2-4,6,8,12,14,16-17H,5,7H2,1H3. The molecule has 0 fully saturated rings. The number of rotatable bonds is 5. The van der Waals surface area contributed by atoms with Crippen LogP contribution in [0, 0.1) is 0 Å². The molecule has 4 nitrogen and oxygen atoms in total. The number of benzene rings is 1. The molecule has 2 rings (SSSR count). The van der Waals surface area contributed by atoms with Crippen LogP contribution >= 0.6 is 11.8 Å². The Labute approximate surface area is 115 Å². The molecule has 1 heterocycles. The molecule has 0 saturated heterocycles. The summed E-state index contributed by atoms with van der Waals surface area (Å²) in [5, 5.41) is 20.9. The molecule has 5 heteroatoms. The van der Waals surface area contributed by atoms with Gasteiger partial charge >= 0.3 is 0 Å². The summed E-state index contributed by atoms with van der Waals surface area (Å²) >= 11 is 1.15. The molecule has 0 aliphatic rings. The summed E-state index contributed by atoms with van der Waals surface area (Å²) in [5.74, 6) is 0.502. The molecule has 2 aromatic rings. The van der Waals surface area contributed by atoms with E-state index in [1.807, 2.05) is 6.07 Å². The Balaban J connectivity index is 2.01. The maximum absolute atomic E-state index is 10.8. The van der Waals surface area contributed by atoms with Crippen LogP contribution in [0.3, 0.4) is 0 Å². The predicted molar refractivity (Wildman–Crippen MR) is 74.9 cm³/mol. The van der Waals surface area contributed by atoms with E-state index in [1.165, 1.54) is 6.92 Å². The highest BCUT2D eigenvalue weighted by atomic mass is 32.2. The van der Waals surface area contributed by atoms with Crippen LogP contribution in [-0.4, -0.2) is 27.2 Å². The fraction of sp³-hybridized carbons (Fsp3) is 0.357. The van der Waals surface area contributed by atoms with E-state index < -0.39 is 12.2 Å². The number of hydrogen-bond acceptors (Lipinski definition) is 5. The van der Waals surface area contributed by atoms with E-state index in [9.17, 15) is 15.0 Å². The normalized spacial score (nSPS) is 14.5. The number of fused-ring (bicyclic) bond motifs is 1. The molecule has 1 aromatic carbocycles. The van der Waals surface area contributed by atoms with Gasteiger partial charge in [0.2, 0.25) is 0 Å². The van der Waals surface area contributed by atoms with E-state index in [1.54, 1.807) is 24.5 Å². The Morgan fingerprint density at radius 1 is 1.37 bits per heavy atom. The van der Waals surface area contributed by atoms with Crippen molar-refractivity contribution in [2.45, 2.75) is 25.6 Å². The Morgan fingerprint density at radius 2 is 2.16 bits per heavy atom. The molecule has 2 unspecified atom stereocenters. The Hall–Kier alpha value is -1.30. The molecule has 0 saturated carbocycles. The van der Waals surface area contributed by atoms with Gasteiger partial charge in [-0.25, -0.2) is 0 Å². The lowest BCUT2D eigenvalue weighted by Crippen LogP contribution is -2.19. The molecule has 0 bridgehead atoms. The van der Waals surface area contributed by atoms with Crippen LogP contribution < -0.4 is 0 Å². The van der Waals surface area contributed by atoms with Crippen LogP contribution in [0.15, 0.2) is 34.9 Å². The van der Waals surface area contributed by atoms with Gasteiger partial charge in [-0.15, -0.1) is 0 Å². The third-order valence-corrected chi connectivity index (χ3v) is 3.75. The second-order valence-electron chi connectivity index (χ2n) is 4.36. The van der Waals surface area contributed by atoms with E-state index in [4.69, 9.17) is 4.42 Å². The highest BCUT2D eigenvalue weighted by Crippen LogP contribution is 2.25. The molecule has 0 aliphatic heterocycles. The number of thioether (sulfide) groups is 1. The number of aliphatic hydroxyl groups is 2. The van der Waals surface area contributed by atoms with E-state index >= 15 is 0 Å². The van der Waals surface area contributed by atoms with E-state index in [0.29, 0.717) is 17.7 Å². The molecule has 2 N–H and O–H groups in total. The largest absolute Gasteiger partial charge is 0.464 e. The Kier molecular flexibility index (Phi) is 4.63. The van der Waals surface area contributed by atoms with Gasteiger partial charge in [0.25, 0.3) is 0 Å². The Bertz CT molecular complexity index is 563. The van der Waals surface area contributed by atoms with Gasteiger partial charge in [-0.3, -0.25) is 4.79 Å². The minimum atomic E-state index is -0.952. The number of carbonyl (C=O) groups excluding carboxylic acids is 1. The molecule has 0 radical (unpaired) electrons. The molecule has 0 amide bonds. The van der Waals surface area contributed by atoms with Gasteiger partial charge in [-0.05, 0) is 30.2 Å². The molecule has 0 aliphatic carbocycles. The molecule has 1 aromatic heterocycles. The minimum absolute atomic E-state index is 0.0153. The van der Waals surface area contributed by atoms with Crippen LogP contribution in [0.1, 0.15) is 25.0 Å². The second kappa shape index (κ2) is 6.23. The first-order chi connectivity index (χ1) is 9.08. The van der Waals surface area contributed by atoms with Gasteiger partial charge in [-0.2, -0.15) is 0 Å². The first-order valence-corrected chi connectivity index (χ1v) is 7.03. The highest BCUT2D eigenvalue weighted by Gasteiger charge is 2.18. The van der Waals surface area contributed by atoms with Crippen molar-refractivity contribution >= 4 is 27.8 Å². The van der Waals surface area contributed by atoms with Gasteiger partial charge in [0.05, 0.1) is 12.4 Å². The zero-order valence-electron chi connectivity index (χ0n) is 10.6. The smallest absolute Gasteiger partial charge is 0.185 e. The zero-order valence-corrected chi connectivity index (χ0v) is 11.4. The van der Waals surface area contributed by atoms with E-state index in [-0.39, 0.29) is 5.12 Å². The van der Waals surface area contributed by atoms with Gasteiger partial charge < -0.3 is 14.6 Å². The lowest BCUT2D eigenvalue weighted by atomic mass is 10.0. The third kappa shape index (κ3) is 3.59. The number of hydrogen-bond donors (Lipinski definition) is 2. The summed E-state index contributed by atoms with van der Waals surface area (Å²) in [6.07, 6.45) is 0.123. The Morgan fingerprint density at radius 3 is 2.89 bits per heavy atom. The average molecular weight is 280 g/mol. The summed E-state index contributed by atoms with van der Waals surface area (Å²) in [6, 6.07) is 7.11. The van der Waals surface area contributed by atoms with Crippen molar-refractivity contribution < 1.29 is 19.4 Å². The lowest BCUT2D eigenvalue weighted by molar-refractivity contribution is -0.109. The molecule has 2 atom stereocenters. The fourth-order valence-electron chi connectivity index (χ4n) is 1.87. The van der Waals surface area contributed by atoms with Crippen molar-refractivity contribution in [3.63, 3.8) is 0 Å². The monoisotopic (exact) mass is 280 g/mol. The highest BCUT2D eigenvalue weighted by molar-refractivity contribution is 8.13. The van der Waals surface area contributed by atoms with Crippen molar-refractivity contribution in [1.29, 1.82) is 0 Å². The molecule has 102 valence electrons. The van der Waals surface area contributed by atoms with Crippen LogP contribution in [0.2, 0.25) is 0 Å². The van der Waals surface area contributed by atoms with Crippen molar-refractivity contribution in [3.05, 3.63) is 36.1 Å². The summed E-state index contributed by atoms with van der Waals surface area (Å²) < 4.78 is 5.22. The summed E-state index contributed by atoms with van der Waals surface area (Å²) in [4.78, 5) is 10.8. The fourth-order valence-corrected chi connectivity index (χ4v) is 2.52. The SMILES string of the molecule is CC(=O)SCCC(O)C(O)c1ccc2occc2c1. The molecular formula is C14H16O4S.